The van der Waals surface area contributed by atoms with Crippen LogP contribution in [-0.2, 0) is 0 Å². The minimum Gasteiger partial charge on any atom is -0.494 e. The third-order valence-electron chi connectivity index (χ3n) is 3.20. The maximum atomic E-state index is 13.5. The summed E-state index contributed by atoms with van der Waals surface area (Å²) in [5.41, 5.74) is 0.366. The smallest absolute Gasteiger partial charge is 0.200 e. The second-order valence-corrected chi connectivity index (χ2v) is 4.69. The Bertz CT molecular complexity index is 601. The Morgan fingerprint density at radius 1 is 1.42 bits per heavy atom. The predicted octanol–water partition coefficient (Wildman–Crippen LogP) is 4.20. The molecule has 1 atom stereocenters. The molecule has 0 saturated heterocycles. The Morgan fingerprint density at radius 3 is 2.79 bits per heavy atom. The van der Waals surface area contributed by atoms with Gasteiger partial charge in [0.25, 0.3) is 0 Å². The van der Waals surface area contributed by atoms with Gasteiger partial charge in [0.1, 0.15) is 5.58 Å². The molecule has 0 radical (unpaired) electrons. The van der Waals surface area contributed by atoms with Crippen LogP contribution in [0.2, 0.25) is 0 Å². The number of carbonyl (C=O) groups excluding carboxylic acids is 1. The molecule has 0 aliphatic carbocycles. The lowest BCUT2D eigenvalue weighted by Crippen LogP contribution is -2.09. The quantitative estimate of drug-likeness (QED) is 0.760. The molecule has 0 aliphatic rings. The van der Waals surface area contributed by atoms with Crippen LogP contribution >= 0.6 is 0 Å². The molecule has 102 valence electrons. The molecule has 1 heterocycles. The van der Waals surface area contributed by atoms with Gasteiger partial charge in [0.05, 0.1) is 7.11 Å². The first-order valence-electron chi connectivity index (χ1n) is 6.38. The third-order valence-corrected chi connectivity index (χ3v) is 3.20. The summed E-state index contributed by atoms with van der Waals surface area (Å²) in [6.45, 7) is 3.91. The van der Waals surface area contributed by atoms with E-state index in [-0.39, 0.29) is 23.2 Å². The van der Waals surface area contributed by atoms with E-state index in [2.05, 4.69) is 0 Å². The van der Waals surface area contributed by atoms with Crippen LogP contribution < -0.4 is 4.74 Å². The van der Waals surface area contributed by atoms with E-state index in [1.807, 2.05) is 13.8 Å². The summed E-state index contributed by atoms with van der Waals surface area (Å²) < 4.78 is 23.9. The maximum Gasteiger partial charge on any atom is 0.200 e. The van der Waals surface area contributed by atoms with E-state index >= 15 is 0 Å². The average molecular weight is 264 g/mol. The van der Waals surface area contributed by atoms with Crippen molar-refractivity contribution in [2.45, 2.75) is 26.7 Å². The molecule has 0 bridgehead atoms. The Morgan fingerprint density at radius 2 is 2.16 bits per heavy atom. The van der Waals surface area contributed by atoms with Crippen molar-refractivity contribution in [3.8, 4) is 5.75 Å². The van der Waals surface area contributed by atoms with Crippen molar-refractivity contribution >= 4 is 16.8 Å². The minimum atomic E-state index is -0.495. The Labute approximate surface area is 111 Å². The number of rotatable bonds is 5. The largest absolute Gasteiger partial charge is 0.494 e. The number of hydrogen-bond acceptors (Lipinski definition) is 3. The summed E-state index contributed by atoms with van der Waals surface area (Å²) in [5, 5.41) is 0.672. The number of carbonyl (C=O) groups is 1. The molecule has 2 aromatic rings. The van der Waals surface area contributed by atoms with Gasteiger partial charge in [-0.15, -0.1) is 0 Å². The van der Waals surface area contributed by atoms with Crippen molar-refractivity contribution in [2.75, 3.05) is 7.11 Å². The van der Waals surface area contributed by atoms with Crippen molar-refractivity contribution in [3.05, 3.63) is 29.8 Å². The normalized spacial score (nSPS) is 12.6. The van der Waals surface area contributed by atoms with E-state index < -0.39 is 5.82 Å². The molecule has 0 spiro atoms. The first-order valence-corrected chi connectivity index (χ1v) is 6.38. The molecule has 2 rings (SSSR count). The minimum absolute atomic E-state index is 0.0441. The molecule has 0 N–H and O–H groups in total. The first-order chi connectivity index (χ1) is 9.06. The Hall–Kier alpha value is -1.84. The Balaban J connectivity index is 2.39. The number of halogens is 1. The summed E-state index contributed by atoms with van der Waals surface area (Å²) in [4.78, 5) is 12.1. The van der Waals surface area contributed by atoms with Crippen molar-refractivity contribution in [1.82, 2.24) is 0 Å². The van der Waals surface area contributed by atoms with E-state index in [4.69, 9.17) is 9.15 Å². The van der Waals surface area contributed by atoms with Gasteiger partial charge in [-0.25, -0.2) is 4.39 Å². The van der Waals surface area contributed by atoms with Crippen LogP contribution in [0.3, 0.4) is 0 Å². The van der Waals surface area contributed by atoms with Crippen molar-refractivity contribution in [1.29, 1.82) is 0 Å². The standard InChI is InChI=1S/C15H17FO3/c1-4-5-9(2)15(17)14-7-10-6-13(18-3)11(16)8-12(10)19-14/h6-9H,4-5H2,1-3H3. The molecule has 0 saturated carbocycles. The van der Waals surface area contributed by atoms with Crippen LogP contribution in [0, 0.1) is 11.7 Å². The molecule has 0 amide bonds. The van der Waals surface area contributed by atoms with Crippen molar-refractivity contribution in [3.63, 3.8) is 0 Å². The number of Topliss-reactive ketones (excluding diaryl/α,β-unsaturated/α-hetero) is 1. The lowest BCUT2D eigenvalue weighted by Gasteiger charge is -2.05. The Kier molecular flexibility index (Phi) is 3.88. The second-order valence-electron chi connectivity index (χ2n) is 4.69. The summed E-state index contributed by atoms with van der Waals surface area (Å²) in [6.07, 6.45) is 1.75. The number of fused-ring (bicyclic) bond motifs is 1. The van der Waals surface area contributed by atoms with E-state index in [1.165, 1.54) is 19.2 Å². The molecule has 1 unspecified atom stereocenters. The fourth-order valence-electron chi connectivity index (χ4n) is 2.13. The van der Waals surface area contributed by atoms with E-state index in [1.54, 1.807) is 6.07 Å². The molecule has 3 nitrogen and oxygen atoms in total. The fourth-order valence-corrected chi connectivity index (χ4v) is 2.13. The van der Waals surface area contributed by atoms with Gasteiger partial charge in [-0.05, 0) is 18.6 Å². The van der Waals surface area contributed by atoms with Gasteiger partial charge in [-0.1, -0.05) is 20.3 Å². The average Bonchev–Trinajstić information content (AvgIpc) is 2.79. The van der Waals surface area contributed by atoms with Crippen molar-refractivity contribution in [2.24, 2.45) is 5.92 Å². The lowest BCUT2D eigenvalue weighted by molar-refractivity contribution is 0.0897. The van der Waals surface area contributed by atoms with Gasteiger partial charge in [0, 0.05) is 17.4 Å². The summed E-state index contributed by atoms with van der Waals surface area (Å²) in [7, 11) is 1.40. The van der Waals surface area contributed by atoms with E-state index in [9.17, 15) is 9.18 Å². The van der Waals surface area contributed by atoms with E-state index in [0.29, 0.717) is 11.0 Å². The van der Waals surface area contributed by atoms with Gasteiger partial charge in [0.2, 0.25) is 5.78 Å². The third kappa shape index (κ3) is 2.62. The number of furan rings is 1. The number of methoxy groups -OCH3 is 1. The highest BCUT2D eigenvalue weighted by Crippen LogP contribution is 2.28. The summed E-state index contributed by atoms with van der Waals surface area (Å²) >= 11 is 0. The highest BCUT2D eigenvalue weighted by atomic mass is 19.1. The van der Waals surface area contributed by atoms with Crippen LogP contribution in [0.1, 0.15) is 37.2 Å². The zero-order valence-electron chi connectivity index (χ0n) is 11.3. The predicted molar refractivity (Wildman–Crippen MR) is 71.1 cm³/mol. The number of benzene rings is 1. The molecule has 19 heavy (non-hydrogen) atoms. The zero-order valence-corrected chi connectivity index (χ0v) is 11.3. The zero-order chi connectivity index (χ0) is 14.0. The van der Waals surface area contributed by atoms with Crippen LogP contribution in [0.4, 0.5) is 4.39 Å². The van der Waals surface area contributed by atoms with Crippen molar-refractivity contribution < 1.29 is 18.3 Å². The molecule has 0 fully saturated rings. The topological polar surface area (TPSA) is 39.4 Å². The molecule has 1 aromatic carbocycles. The molecular weight excluding hydrogens is 247 g/mol. The molecule has 4 heteroatoms. The van der Waals surface area contributed by atoms with Crippen LogP contribution in [-0.4, -0.2) is 12.9 Å². The molecule has 0 aliphatic heterocycles. The SMILES string of the molecule is CCCC(C)C(=O)c1cc2cc(OC)c(F)cc2o1. The van der Waals surface area contributed by atoms with Gasteiger partial charge < -0.3 is 9.15 Å². The van der Waals surface area contributed by atoms with Gasteiger partial charge >= 0.3 is 0 Å². The monoisotopic (exact) mass is 264 g/mol. The second kappa shape index (κ2) is 5.43. The number of ether oxygens (including phenoxy) is 1. The number of ketones is 1. The van der Waals surface area contributed by atoms with Crippen LogP contribution in [0.15, 0.2) is 22.6 Å². The highest BCUT2D eigenvalue weighted by molar-refractivity contribution is 5.99. The lowest BCUT2D eigenvalue weighted by atomic mass is 9.99. The number of hydrogen-bond donors (Lipinski definition) is 0. The molecule has 1 aromatic heterocycles. The summed E-state index contributed by atoms with van der Waals surface area (Å²) in [6, 6.07) is 4.43. The fraction of sp³-hybridized carbons (Fsp3) is 0.400. The highest BCUT2D eigenvalue weighted by Gasteiger charge is 2.19. The molecular formula is C15H17FO3. The maximum absolute atomic E-state index is 13.5. The van der Waals surface area contributed by atoms with Gasteiger partial charge in [-0.2, -0.15) is 0 Å². The van der Waals surface area contributed by atoms with Gasteiger partial charge in [0.15, 0.2) is 17.3 Å². The summed E-state index contributed by atoms with van der Waals surface area (Å²) in [5.74, 6) is -0.197. The van der Waals surface area contributed by atoms with Crippen LogP contribution in [0.5, 0.6) is 5.75 Å². The van der Waals surface area contributed by atoms with Crippen LogP contribution in [0.25, 0.3) is 11.0 Å². The first kappa shape index (κ1) is 13.6. The van der Waals surface area contributed by atoms with Gasteiger partial charge in [-0.3, -0.25) is 4.79 Å². The van der Waals surface area contributed by atoms with E-state index in [0.717, 1.165) is 12.8 Å².